The molecule has 3 aromatic rings. The second-order valence-electron chi connectivity index (χ2n) is 5.64. The fourth-order valence-corrected chi connectivity index (χ4v) is 3.12. The van der Waals surface area contributed by atoms with Crippen LogP contribution in [-0.2, 0) is 6.42 Å². The van der Waals surface area contributed by atoms with Gasteiger partial charge < -0.3 is 15.0 Å². The van der Waals surface area contributed by atoms with Crippen molar-refractivity contribution in [2.45, 2.75) is 6.42 Å². The third-order valence-electron chi connectivity index (χ3n) is 4.12. The summed E-state index contributed by atoms with van der Waals surface area (Å²) < 4.78 is 5.34. The van der Waals surface area contributed by atoms with Gasteiger partial charge in [-0.3, -0.25) is 0 Å². The molecule has 0 fully saturated rings. The van der Waals surface area contributed by atoms with Crippen LogP contribution in [-0.4, -0.2) is 28.8 Å². The van der Waals surface area contributed by atoms with Crippen LogP contribution in [0.15, 0.2) is 48.7 Å². The summed E-state index contributed by atoms with van der Waals surface area (Å²) in [6.07, 6.45) is 2.66. The lowest BCUT2D eigenvalue weighted by atomic mass is 10.2. The van der Waals surface area contributed by atoms with Gasteiger partial charge in [-0.25, -0.2) is 0 Å². The number of hydrogen-bond acceptors (Lipinski definition) is 6. The van der Waals surface area contributed by atoms with E-state index in [1.807, 2.05) is 6.07 Å². The van der Waals surface area contributed by atoms with E-state index in [2.05, 4.69) is 43.6 Å². The number of methoxy groups -OCH3 is 1. The normalized spacial score (nSPS) is 12.8. The molecule has 0 radical (unpaired) electrons. The van der Waals surface area contributed by atoms with Crippen LogP contribution in [0.5, 0.6) is 5.75 Å². The van der Waals surface area contributed by atoms with Crippen LogP contribution in [0.4, 0.5) is 23.1 Å². The first-order valence-electron chi connectivity index (χ1n) is 7.90. The Balaban J connectivity index is 1.64. The highest BCUT2D eigenvalue weighted by molar-refractivity contribution is 6.31. The summed E-state index contributed by atoms with van der Waals surface area (Å²) >= 11 is 6.07. The van der Waals surface area contributed by atoms with E-state index in [4.69, 9.17) is 16.3 Å². The fourth-order valence-electron chi connectivity index (χ4n) is 2.95. The highest BCUT2D eigenvalue weighted by Gasteiger charge is 2.21. The van der Waals surface area contributed by atoms with Crippen LogP contribution in [0.2, 0.25) is 5.02 Å². The molecule has 2 aromatic carbocycles. The first kappa shape index (κ1) is 15.7. The van der Waals surface area contributed by atoms with Gasteiger partial charge in [-0.05, 0) is 36.2 Å². The lowest BCUT2D eigenvalue weighted by molar-refractivity contribution is 0.417. The van der Waals surface area contributed by atoms with Crippen molar-refractivity contribution in [2.24, 2.45) is 0 Å². The minimum atomic E-state index is 0.391. The summed E-state index contributed by atoms with van der Waals surface area (Å²) in [5.74, 6) is 1.80. The van der Waals surface area contributed by atoms with E-state index in [0.717, 1.165) is 24.5 Å². The quantitative estimate of drug-likeness (QED) is 0.765. The molecule has 0 atom stereocenters. The molecule has 0 bridgehead atoms. The van der Waals surface area contributed by atoms with Crippen LogP contribution in [0.3, 0.4) is 0 Å². The number of nitrogens with one attached hydrogen (secondary N) is 1. The number of nitrogens with zero attached hydrogens (tertiary/aromatic N) is 4. The number of rotatable bonds is 4. The van der Waals surface area contributed by atoms with Gasteiger partial charge in [0.05, 0.1) is 19.0 Å². The standard InChI is InChI=1S/C18H16ClN5O/c1-25-16-7-6-13(19)10-14(16)21-18-22-17(11-20-23-18)24-9-8-12-4-2-3-5-15(12)24/h2-7,10-11H,8-9H2,1H3,(H,21,22,23). The molecule has 0 spiro atoms. The molecule has 0 saturated heterocycles. The highest BCUT2D eigenvalue weighted by atomic mass is 35.5. The van der Waals surface area contributed by atoms with E-state index in [0.29, 0.717) is 22.4 Å². The molecular formula is C18H16ClN5O. The number of fused-ring (bicyclic) bond motifs is 1. The molecule has 0 amide bonds. The minimum absolute atomic E-state index is 0.391. The molecule has 25 heavy (non-hydrogen) atoms. The minimum Gasteiger partial charge on any atom is -0.495 e. The van der Waals surface area contributed by atoms with Gasteiger partial charge in [0, 0.05) is 17.3 Å². The van der Waals surface area contributed by atoms with E-state index in [9.17, 15) is 0 Å². The summed E-state index contributed by atoms with van der Waals surface area (Å²) in [7, 11) is 1.60. The maximum absolute atomic E-state index is 6.07. The first-order valence-corrected chi connectivity index (χ1v) is 8.28. The molecule has 1 aliphatic heterocycles. The lowest BCUT2D eigenvalue weighted by Gasteiger charge is -2.18. The molecule has 2 heterocycles. The SMILES string of the molecule is COc1ccc(Cl)cc1Nc1nncc(N2CCc3ccccc32)n1. The van der Waals surface area contributed by atoms with Crippen molar-refractivity contribution in [3.05, 3.63) is 59.2 Å². The van der Waals surface area contributed by atoms with Crippen LogP contribution < -0.4 is 15.0 Å². The van der Waals surface area contributed by atoms with E-state index in [1.54, 1.807) is 31.5 Å². The van der Waals surface area contributed by atoms with E-state index >= 15 is 0 Å². The monoisotopic (exact) mass is 353 g/mol. The first-order chi connectivity index (χ1) is 12.2. The van der Waals surface area contributed by atoms with Gasteiger partial charge >= 0.3 is 0 Å². The number of aromatic nitrogens is 3. The second-order valence-corrected chi connectivity index (χ2v) is 6.07. The van der Waals surface area contributed by atoms with Crippen molar-refractivity contribution in [2.75, 3.05) is 23.9 Å². The number of anilines is 4. The maximum Gasteiger partial charge on any atom is 0.249 e. The summed E-state index contributed by atoms with van der Waals surface area (Å²) in [5, 5.41) is 11.9. The van der Waals surface area contributed by atoms with Gasteiger partial charge in [-0.2, -0.15) is 10.1 Å². The predicted octanol–water partition coefficient (Wildman–Crippen LogP) is 3.97. The number of hydrogen-bond donors (Lipinski definition) is 1. The fraction of sp³-hybridized carbons (Fsp3) is 0.167. The van der Waals surface area contributed by atoms with Gasteiger partial charge in [0.1, 0.15) is 5.75 Å². The Labute approximate surface area is 150 Å². The van der Waals surface area contributed by atoms with Gasteiger partial charge in [-0.1, -0.05) is 29.8 Å². The third kappa shape index (κ3) is 3.08. The Hall–Kier alpha value is -2.86. The van der Waals surface area contributed by atoms with Gasteiger partial charge in [-0.15, -0.1) is 5.10 Å². The molecule has 0 unspecified atom stereocenters. The molecule has 1 aliphatic rings. The van der Waals surface area contributed by atoms with Gasteiger partial charge in [0.2, 0.25) is 5.95 Å². The number of benzene rings is 2. The molecule has 1 N–H and O–H groups in total. The Kier molecular flexibility index (Phi) is 4.11. The van der Waals surface area contributed by atoms with Crippen LogP contribution in [0.1, 0.15) is 5.56 Å². The van der Waals surface area contributed by atoms with Crippen molar-refractivity contribution >= 4 is 34.7 Å². The molecule has 4 rings (SSSR count). The van der Waals surface area contributed by atoms with E-state index < -0.39 is 0 Å². The maximum atomic E-state index is 6.07. The van der Waals surface area contributed by atoms with Crippen LogP contribution in [0.25, 0.3) is 0 Å². The van der Waals surface area contributed by atoms with Crippen molar-refractivity contribution in [1.29, 1.82) is 0 Å². The number of ether oxygens (including phenoxy) is 1. The number of halogens is 1. The van der Waals surface area contributed by atoms with Crippen molar-refractivity contribution in [1.82, 2.24) is 15.2 Å². The average molecular weight is 354 g/mol. The molecule has 0 aliphatic carbocycles. The molecule has 1 aromatic heterocycles. The second kappa shape index (κ2) is 6.57. The Morgan fingerprint density at radius 2 is 2.08 bits per heavy atom. The number of para-hydroxylation sites is 1. The zero-order valence-electron chi connectivity index (χ0n) is 13.6. The summed E-state index contributed by atoms with van der Waals surface area (Å²) in [6.45, 7) is 0.873. The Bertz CT molecular complexity index is 917. The zero-order chi connectivity index (χ0) is 17.2. The van der Waals surface area contributed by atoms with Crippen LogP contribution >= 0.6 is 11.6 Å². The van der Waals surface area contributed by atoms with Gasteiger partial charge in [0.25, 0.3) is 0 Å². The molecule has 0 saturated carbocycles. The Morgan fingerprint density at radius 3 is 2.96 bits per heavy atom. The van der Waals surface area contributed by atoms with E-state index in [-0.39, 0.29) is 0 Å². The summed E-state index contributed by atoms with van der Waals surface area (Å²) in [5.41, 5.74) is 3.16. The van der Waals surface area contributed by atoms with E-state index in [1.165, 1.54) is 5.56 Å². The average Bonchev–Trinajstić information content (AvgIpc) is 3.06. The van der Waals surface area contributed by atoms with Crippen molar-refractivity contribution < 1.29 is 4.74 Å². The van der Waals surface area contributed by atoms with Crippen molar-refractivity contribution in [3.8, 4) is 5.75 Å². The predicted molar refractivity (Wildman–Crippen MR) is 98.3 cm³/mol. The van der Waals surface area contributed by atoms with Gasteiger partial charge in [0.15, 0.2) is 5.82 Å². The largest absolute Gasteiger partial charge is 0.495 e. The molecule has 126 valence electrons. The van der Waals surface area contributed by atoms with Crippen LogP contribution in [0, 0.1) is 0 Å². The molecule has 6 nitrogen and oxygen atoms in total. The summed E-state index contributed by atoms with van der Waals surface area (Å²) in [6, 6.07) is 13.6. The highest BCUT2D eigenvalue weighted by Crippen LogP contribution is 2.34. The zero-order valence-corrected chi connectivity index (χ0v) is 14.4. The summed E-state index contributed by atoms with van der Waals surface area (Å²) in [4.78, 5) is 6.74. The van der Waals surface area contributed by atoms with Crippen molar-refractivity contribution in [3.63, 3.8) is 0 Å². The molecule has 7 heteroatoms. The smallest absolute Gasteiger partial charge is 0.249 e. The Morgan fingerprint density at radius 1 is 1.20 bits per heavy atom. The topological polar surface area (TPSA) is 63.2 Å². The third-order valence-corrected chi connectivity index (χ3v) is 4.35. The lowest BCUT2D eigenvalue weighted by Crippen LogP contribution is -2.16. The molecular weight excluding hydrogens is 338 g/mol.